The van der Waals surface area contributed by atoms with Crippen molar-refractivity contribution < 1.29 is 86.0 Å². The molecule has 354 valence electrons. The summed E-state index contributed by atoms with van der Waals surface area (Å²) in [7, 11) is 6.04. The summed E-state index contributed by atoms with van der Waals surface area (Å²) in [5.41, 5.74) is -3.60. The van der Waals surface area contributed by atoms with Gasteiger partial charge in [-0.1, -0.05) is 30.4 Å². The predicted octanol–water partition coefficient (Wildman–Crippen LogP) is 6.75. The van der Waals surface area contributed by atoms with Crippen LogP contribution in [-0.4, -0.2) is 99.1 Å². The number of aromatic hydroxyl groups is 13. The van der Waals surface area contributed by atoms with Gasteiger partial charge in [0.25, 0.3) is 0 Å². The molecule has 2 aliphatic heterocycles. The van der Waals surface area contributed by atoms with Crippen molar-refractivity contribution in [3.63, 3.8) is 0 Å². The number of hydrogen-bond donors (Lipinski definition) is 14. The number of phenolic OH excluding ortho intramolecular Hbond substituents is 13. The van der Waals surface area contributed by atoms with E-state index in [2.05, 4.69) is 0 Å². The van der Waals surface area contributed by atoms with E-state index in [1.165, 1.54) is 27.5 Å². The summed E-state index contributed by atoms with van der Waals surface area (Å²) in [6.07, 6.45) is 2.23. The summed E-state index contributed by atoms with van der Waals surface area (Å²) in [6.45, 7) is 2.73. The molecule has 14 N–H and O–H groups in total. The number of ether oxygens (including phenoxy) is 1. The maximum Gasteiger partial charge on any atom is 0.232 e. The first-order valence-electron chi connectivity index (χ1n) is 21.8. The summed E-state index contributed by atoms with van der Waals surface area (Å²) in [5, 5.41) is 165. The Kier molecular flexibility index (Phi) is 7.93. The molecule has 13 rings (SSSR count). The lowest BCUT2D eigenvalue weighted by Crippen LogP contribution is -2.34. The van der Waals surface area contributed by atoms with Crippen molar-refractivity contribution >= 4 is 85.0 Å². The molecule has 0 amide bonds. The summed E-state index contributed by atoms with van der Waals surface area (Å²) >= 11 is 0. The van der Waals surface area contributed by atoms with E-state index in [0.29, 0.717) is 17.8 Å². The Bertz CT molecular complexity index is 4180. The molecule has 71 heavy (non-hydrogen) atoms. The van der Waals surface area contributed by atoms with Crippen molar-refractivity contribution in [3.05, 3.63) is 70.9 Å². The lowest BCUT2D eigenvalue weighted by Gasteiger charge is -2.34. The average Bonchev–Trinajstić information content (AvgIpc) is 4.01. The number of benzene rings is 6. The highest BCUT2D eigenvalue weighted by Crippen LogP contribution is 2.66. The van der Waals surface area contributed by atoms with Crippen molar-refractivity contribution in [3.8, 4) is 103 Å². The van der Waals surface area contributed by atoms with Crippen LogP contribution in [-0.2, 0) is 4.89 Å². The number of phenols is 13. The zero-order chi connectivity index (χ0) is 49.9. The molecule has 2 unspecified atom stereocenters. The first-order chi connectivity index (χ1) is 33.9. The molecule has 3 aromatic heterocycles. The van der Waals surface area contributed by atoms with Gasteiger partial charge in [-0.3, -0.25) is 4.57 Å². The first-order valence-corrected chi connectivity index (χ1v) is 21.8. The van der Waals surface area contributed by atoms with Crippen molar-refractivity contribution in [2.75, 3.05) is 0 Å². The van der Waals surface area contributed by atoms with Gasteiger partial charge < -0.3 is 90.3 Å². The fourth-order valence-electron chi connectivity index (χ4n) is 11.1. The van der Waals surface area contributed by atoms with Crippen LogP contribution in [0.25, 0.3) is 88.5 Å². The number of aromatic nitrogens is 3. The number of nitrogens with zero attached hydrogens (tertiary/aromatic N) is 3. The summed E-state index contributed by atoms with van der Waals surface area (Å²) in [4.78, 5) is 12.0. The number of aryl methyl sites for hydroxylation is 1. The van der Waals surface area contributed by atoms with E-state index in [1.807, 2.05) is 6.08 Å². The number of para-hydroxylation sites is 1. The molecule has 0 spiro atoms. The lowest BCUT2D eigenvalue weighted by atomic mass is 9.89. The predicted molar refractivity (Wildman–Crippen MR) is 255 cm³/mol. The maximum absolute atomic E-state index is 12.8. The normalized spacial score (nSPS) is 16.9. The number of allylic oxidation sites excluding steroid dienone is 4. The largest absolute Gasteiger partial charge is 0.508 e. The summed E-state index contributed by atoms with van der Waals surface area (Å²) in [5.74, 6) is -12.9. The minimum Gasteiger partial charge on any atom is -0.508 e. The van der Waals surface area contributed by atoms with Crippen LogP contribution >= 0.6 is 0 Å². The molecule has 2 aliphatic carbocycles. The molecule has 21 heteroatoms. The minimum absolute atomic E-state index is 0.0918. The number of hydrogen-bond acceptors (Lipinski definition) is 17. The Balaban J connectivity index is 1.19. The molecule has 2 atom stereocenters. The number of fused-ring (bicyclic) bond motifs is 8. The highest BCUT2D eigenvalue weighted by molar-refractivity contribution is 6.40. The van der Waals surface area contributed by atoms with E-state index in [-0.39, 0.29) is 78.5 Å². The van der Waals surface area contributed by atoms with Crippen molar-refractivity contribution in [2.24, 2.45) is 0 Å². The third kappa shape index (κ3) is 4.66. The monoisotopic (exact) mass is 959 g/mol. The van der Waals surface area contributed by atoms with Gasteiger partial charge in [-0.15, -0.1) is 0 Å². The minimum atomic E-state index is -1.86. The van der Waals surface area contributed by atoms with Crippen LogP contribution < -0.4 is 15.1 Å². The second kappa shape index (κ2) is 13.5. The fourth-order valence-corrected chi connectivity index (χ4v) is 11.1. The quantitative estimate of drug-likeness (QED) is 0.0377. The lowest BCUT2D eigenvalue weighted by molar-refractivity contribution is -0.249. The highest BCUT2D eigenvalue weighted by atomic mass is 17.2. The van der Waals surface area contributed by atoms with Gasteiger partial charge in [-0.2, -0.15) is 4.89 Å². The zero-order valence-corrected chi connectivity index (χ0v) is 36.6. The second-order valence-corrected chi connectivity index (χ2v) is 17.8. The standard InChI is InChI=1S/C50H34BN3O17/c1-13-17-18-31-49(41(63)24(36(18)58)23-37(59)19-20-28(44(66)42(64)25(51)38(20)60)53(16-11-7-4-8-12-16)27(19)43(65)40(23)62)70-71-50-32-47(69-48(30(17)54(31)32)46(68)34(13)56)22-21-26(33(55)14(2)35(57)39(21)61)52(29(22)45(50)67)15-9-5-3-6-10-15/h3-7,9-11,45,50,55-68H,8,12H2,1-2H3. The van der Waals surface area contributed by atoms with Crippen LogP contribution in [0.2, 0.25) is 0 Å². The molecule has 5 heterocycles. The third-order valence-corrected chi connectivity index (χ3v) is 14.3. The van der Waals surface area contributed by atoms with Crippen molar-refractivity contribution in [2.45, 2.75) is 38.9 Å². The Labute approximate surface area is 396 Å². The van der Waals surface area contributed by atoms with E-state index in [0.717, 1.165) is 0 Å². The van der Waals surface area contributed by atoms with Crippen LogP contribution in [0.1, 0.15) is 41.3 Å². The second-order valence-electron chi connectivity index (χ2n) is 17.8. The molecule has 6 aromatic carbocycles. The highest BCUT2D eigenvalue weighted by Gasteiger charge is 2.51. The molecule has 0 saturated carbocycles. The van der Waals surface area contributed by atoms with Gasteiger partial charge in [0, 0.05) is 27.9 Å². The molecule has 9 aromatic rings. The van der Waals surface area contributed by atoms with Crippen LogP contribution in [0.4, 0.5) is 0 Å². The van der Waals surface area contributed by atoms with E-state index < -0.39 is 131 Å². The molecule has 0 saturated heterocycles. The van der Waals surface area contributed by atoms with Crippen molar-refractivity contribution in [1.29, 1.82) is 0 Å². The van der Waals surface area contributed by atoms with Gasteiger partial charge in [0.15, 0.2) is 63.6 Å². The van der Waals surface area contributed by atoms with E-state index in [9.17, 15) is 71.5 Å². The molecule has 0 fully saturated rings. The molecular weight excluding hydrogens is 925 g/mol. The zero-order valence-electron chi connectivity index (χ0n) is 36.6. The van der Waals surface area contributed by atoms with E-state index >= 15 is 0 Å². The third-order valence-electron chi connectivity index (χ3n) is 14.3. The smallest absolute Gasteiger partial charge is 0.232 e. The summed E-state index contributed by atoms with van der Waals surface area (Å²) < 4.78 is 10.5. The van der Waals surface area contributed by atoms with Gasteiger partial charge >= 0.3 is 0 Å². The first kappa shape index (κ1) is 41.8. The van der Waals surface area contributed by atoms with E-state index in [4.69, 9.17) is 22.4 Å². The fraction of sp³-hybridized carbons (Fsp3) is 0.120. The van der Waals surface area contributed by atoms with E-state index in [1.54, 1.807) is 42.5 Å². The molecule has 2 radical (unpaired) electrons. The molecule has 20 nitrogen and oxygen atoms in total. The Hall–Kier alpha value is -9.34. The topological polar surface area (TPSA) is 326 Å². The number of aliphatic hydroxyl groups excluding tert-OH is 1. The molecular formula is C50H34BN3O17. The van der Waals surface area contributed by atoms with Gasteiger partial charge in [0.2, 0.25) is 11.5 Å². The molecule has 0 bridgehead atoms. The molecule has 4 aliphatic rings. The van der Waals surface area contributed by atoms with Gasteiger partial charge in [-0.25, -0.2) is 0 Å². The Morgan fingerprint density at radius 2 is 1.14 bits per heavy atom. The van der Waals surface area contributed by atoms with Gasteiger partial charge in [0.05, 0.1) is 43.9 Å². The van der Waals surface area contributed by atoms with Crippen LogP contribution in [0.5, 0.6) is 86.2 Å². The van der Waals surface area contributed by atoms with Crippen LogP contribution in [0, 0.1) is 13.8 Å². The average molecular weight is 960 g/mol. The Morgan fingerprint density at radius 1 is 0.535 bits per heavy atom. The van der Waals surface area contributed by atoms with Crippen LogP contribution in [0.3, 0.4) is 0 Å². The van der Waals surface area contributed by atoms with Gasteiger partial charge in [-0.05, 0) is 50.4 Å². The summed E-state index contributed by atoms with van der Waals surface area (Å²) in [6, 6.07) is 8.31. The number of aliphatic hydroxyl groups is 1. The Morgan fingerprint density at radius 3 is 1.82 bits per heavy atom. The SMILES string of the molecule is [B]c1c(O)c(O)c2c(c1O)c1c(O)c(-c3c(O)c4c5c(c3O)c3c(C)c(O)c(O)c6c3n5C3=C(O6)c5c(n(-c6ccccc6)c6c(O)c(C)c(O)c(O)c56)C(O)C3OO4)c(O)c(O)c1n2C1=CC=CCC1. The van der Waals surface area contributed by atoms with Crippen LogP contribution in [0.15, 0.2) is 48.6 Å². The maximum atomic E-state index is 12.8. The van der Waals surface area contributed by atoms with Gasteiger partial charge in [0.1, 0.15) is 70.2 Å². The van der Waals surface area contributed by atoms with Crippen molar-refractivity contribution in [1.82, 2.24) is 13.7 Å². The number of rotatable bonds is 3.